The van der Waals surface area contributed by atoms with Crippen LogP contribution in [0.15, 0.2) is 47.9 Å². The summed E-state index contributed by atoms with van der Waals surface area (Å²) in [6, 6.07) is 8.54. The predicted octanol–water partition coefficient (Wildman–Crippen LogP) is -0.223. The van der Waals surface area contributed by atoms with Crippen LogP contribution in [0.4, 0.5) is 0 Å². The highest BCUT2D eigenvalue weighted by atomic mass is 32.2. The molecule has 2 unspecified atom stereocenters. The summed E-state index contributed by atoms with van der Waals surface area (Å²) in [6.45, 7) is 0.770. The van der Waals surface area contributed by atoms with E-state index in [1.165, 1.54) is 23.9 Å². The number of aryl methyl sites for hydroxylation is 1. The lowest BCUT2D eigenvalue weighted by atomic mass is 10.0. The van der Waals surface area contributed by atoms with E-state index in [2.05, 4.69) is 20.9 Å². The molecule has 0 aliphatic carbocycles. The van der Waals surface area contributed by atoms with E-state index >= 15 is 0 Å². The Hall–Kier alpha value is -2.80. The van der Waals surface area contributed by atoms with E-state index in [0.717, 1.165) is 24.9 Å². The summed E-state index contributed by atoms with van der Waals surface area (Å²) < 4.78 is 29.7. The molecule has 1 saturated heterocycles. The normalized spacial score (nSPS) is 17.6. The summed E-state index contributed by atoms with van der Waals surface area (Å²) in [5.74, 6) is -0.655. The Balaban J connectivity index is 1.80. The number of nitrogens with zero attached hydrogens (tertiary/aromatic N) is 3. The van der Waals surface area contributed by atoms with Crippen molar-refractivity contribution in [2.75, 3.05) is 26.7 Å². The molecule has 12 heteroatoms. The molecule has 1 aliphatic rings. The van der Waals surface area contributed by atoms with E-state index in [1.807, 2.05) is 30.3 Å². The Bertz CT molecular complexity index is 1100. The number of sulfonamides is 1. The minimum Gasteiger partial charge on any atom is -0.390 e. The maximum Gasteiger partial charge on any atom is 0.262 e. The van der Waals surface area contributed by atoms with Crippen molar-refractivity contribution in [1.82, 2.24) is 29.8 Å². The van der Waals surface area contributed by atoms with E-state index in [0.29, 0.717) is 6.42 Å². The summed E-state index contributed by atoms with van der Waals surface area (Å²) in [5, 5.41) is 19.8. The smallest absolute Gasteiger partial charge is 0.262 e. The van der Waals surface area contributed by atoms with Crippen molar-refractivity contribution >= 4 is 21.8 Å². The van der Waals surface area contributed by atoms with Crippen LogP contribution in [0.2, 0.25) is 0 Å². The molecule has 11 nitrogen and oxygen atoms in total. The van der Waals surface area contributed by atoms with Crippen LogP contribution >= 0.6 is 0 Å². The van der Waals surface area contributed by atoms with Crippen LogP contribution in [0.3, 0.4) is 0 Å². The van der Waals surface area contributed by atoms with Crippen molar-refractivity contribution in [3.63, 3.8) is 0 Å². The zero-order valence-corrected chi connectivity index (χ0v) is 21.6. The molecule has 4 N–H and O–H groups in total. The summed E-state index contributed by atoms with van der Waals surface area (Å²) in [5.41, 5.74) is 0.879. The quantitative estimate of drug-likeness (QED) is 0.286. The van der Waals surface area contributed by atoms with Crippen molar-refractivity contribution in [1.29, 1.82) is 0 Å². The lowest BCUT2D eigenvalue weighted by molar-refractivity contribution is -0.127. The second-order valence-corrected chi connectivity index (χ2v) is 11.0. The molecule has 3 rings (SSSR count). The van der Waals surface area contributed by atoms with Crippen LogP contribution < -0.4 is 16.0 Å². The van der Waals surface area contributed by atoms with Gasteiger partial charge in [0.25, 0.3) is 10.0 Å². The molecule has 2 amide bonds. The lowest BCUT2D eigenvalue weighted by Gasteiger charge is -2.30. The highest BCUT2D eigenvalue weighted by molar-refractivity contribution is 7.89. The van der Waals surface area contributed by atoms with Crippen LogP contribution in [-0.4, -0.2) is 84.1 Å². The van der Waals surface area contributed by atoms with Crippen molar-refractivity contribution in [2.24, 2.45) is 7.05 Å². The van der Waals surface area contributed by atoms with Crippen LogP contribution in [0, 0.1) is 0 Å². The van der Waals surface area contributed by atoms with Crippen molar-refractivity contribution in [2.45, 2.75) is 55.3 Å². The predicted molar refractivity (Wildman–Crippen MR) is 134 cm³/mol. The second kappa shape index (κ2) is 12.9. The molecule has 1 aromatic carbocycles. The van der Waals surface area contributed by atoms with Gasteiger partial charge in [0.15, 0.2) is 5.03 Å². The number of rotatable bonds is 13. The Morgan fingerprint density at radius 3 is 2.58 bits per heavy atom. The molecule has 1 fully saturated rings. The highest BCUT2D eigenvalue weighted by Gasteiger charge is 2.34. The molecule has 36 heavy (non-hydrogen) atoms. The van der Waals surface area contributed by atoms with Crippen molar-refractivity contribution in [3.05, 3.63) is 48.4 Å². The van der Waals surface area contributed by atoms with Gasteiger partial charge in [-0.2, -0.15) is 4.31 Å². The lowest BCUT2D eigenvalue weighted by Crippen LogP contribution is -2.52. The van der Waals surface area contributed by atoms with Gasteiger partial charge in [-0.05, 0) is 31.4 Å². The van der Waals surface area contributed by atoms with Crippen LogP contribution in [0.5, 0.6) is 0 Å². The number of carbonyl (C=O) groups excluding carboxylic acids is 2. The molecule has 198 valence electrons. The first-order valence-electron chi connectivity index (χ1n) is 12.1. The van der Waals surface area contributed by atoms with Gasteiger partial charge in [-0.1, -0.05) is 30.3 Å². The van der Waals surface area contributed by atoms with E-state index in [-0.39, 0.29) is 42.9 Å². The third kappa shape index (κ3) is 7.85. The maximum absolute atomic E-state index is 13.5. The van der Waals surface area contributed by atoms with Gasteiger partial charge in [-0.3, -0.25) is 9.59 Å². The number of aromatic nitrogens is 2. The Morgan fingerprint density at radius 2 is 1.97 bits per heavy atom. The number of aliphatic hydroxyl groups excluding tert-OH is 1. The minimum atomic E-state index is -3.99. The number of nitrogens with one attached hydrogen (secondary N) is 3. The molecule has 0 spiro atoms. The van der Waals surface area contributed by atoms with E-state index in [1.54, 1.807) is 11.6 Å². The molecule has 2 heterocycles. The standard InChI is InChI=1S/C24H36N6O5S/c1-25-22(32)10-11-23(33)28-20(13-18-7-4-3-5-8-18)21(31)15-30(14-19-9-6-12-26-19)36(34,35)24-16-29(2)17-27-24/h3-5,7-8,16-17,19-21,26,31H,6,9-15H2,1-2H3,(H,25,32)(H,28,33)/t19-,20?,21?/m1/s1. The van der Waals surface area contributed by atoms with Gasteiger partial charge in [0.2, 0.25) is 11.8 Å². The summed E-state index contributed by atoms with van der Waals surface area (Å²) in [6.07, 6.45) is 3.70. The first-order valence-corrected chi connectivity index (χ1v) is 13.6. The monoisotopic (exact) mass is 520 g/mol. The van der Waals surface area contributed by atoms with Crippen LogP contribution in [-0.2, 0) is 33.1 Å². The fraction of sp³-hybridized carbons (Fsp3) is 0.542. The molecule has 3 atom stereocenters. The van der Waals surface area contributed by atoms with Gasteiger partial charge < -0.3 is 25.6 Å². The number of hydrogen-bond donors (Lipinski definition) is 4. The van der Waals surface area contributed by atoms with Gasteiger partial charge >= 0.3 is 0 Å². The molecule has 0 bridgehead atoms. The summed E-state index contributed by atoms with van der Waals surface area (Å²) in [4.78, 5) is 28.2. The Morgan fingerprint density at radius 1 is 1.25 bits per heavy atom. The SMILES string of the molecule is CNC(=O)CCC(=O)NC(Cc1ccccc1)C(O)CN(C[C@H]1CCCN1)S(=O)(=O)c1cn(C)cn1. The number of carbonyl (C=O) groups is 2. The number of imidazole rings is 1. The zero-order chi connectivity index (χ0) is 26.1. The minimum absolute atomic E-state index is 0.0179. The Kier molecular flexibility index (Phi) is 9.99. The van der Waals surface area contributed by atoms with Crippen LogP contribution in [0.25, 0.3) is 0 Å². The van der Waals surface area contributed by atoms with Gasteiger partial charge in [-0.15, -0.1) is 0 Å². The maximum atomic E-state index is 13.5. The highest BCUT2D eigenvalue weighted by Crippen LogP contribution is 2.18. The Labute approximate surface area is 212 Å². The molecule has 0 radical (unpaired) electrons. The molecule has 0 saturated carbocycles. The number of hydrogen-bond acceptors (Lipinski definition) is 7. The molecule has 1 aliphatic heterocycles. The average molecular weight is 521 g/mol. The molecule has 2 aromatic rings. The van der Waals surface area contributed by atoms with Gasteiger partial charge in [0.05, 0.1) is 18.5 Å². The summed E-state index contributed by atoms with van der Waals surface area (Å²) >= 11 is 0. The number of benzene rings is 1. The van der Waals surface area contributed by atoms with Crippen LogP contribution in [0.1, 0.15) is 31.2 Å². The third-order valence-corrected chi connectivity index (χ3v) is 7.95. The fourth-order valence-corrected chi connectivity index (χ4v) is 5.67. The van der Waals surface area contributed by atoms with E-state index in [9.17, 15) is 23.1 Å². The fourth-order valence-electron chi connectivity index (χ4n) is 4.20. The van der Waals surface area contributed by atoms with Gasteiger partial charge in [-0.25, -0.2) is 13.4 Å². The number of aliphatic hydroxyl groups is 1. The first kappa shape index (κ1) is 27.8. The molecule has 1 aromatic heterocycles. The average Bonchev–Trinajstić information content (AvgIpc) is 3.54. The third-order valence-electron chi connectivity index (χ3n) is 6.23. The largest absolute Gasteiger partial charge is 0.390 e. The second-order valence-electron chi connectivity index (χ2n) is 9.10. The van der Waals surface area contributed by atoms with Gasteiger partial charge in [0.1, 0.15) is 0 Å². The topological polar surface area (TPSA) is 146 Å². The number of amides is 2. The summed E-state index contributed by atoms with van der Waals surface area (Å²) in [7, 11) is -0.800. The van der Waals surface area contributed by atoms with E-state index in [4.69, 9.17) is 0 Å². The molecular weight excluding hydrogens is 484 g/mol. The van der Waals surface area contributed by atoms with Crippen molar-refractivity contribution in [3.8, 4) is 0 Å². The first-order chi connectivity index (χ1) is 17.2. The van der Waals surface area contributed by atoms with Gasteiger partial charge in [0, 0.05) is 52.3 Å². The molecular formula is C24H36N6O5S. The van der Waals surface area contributed by atoms with Crippen molar-refractivity contribution < 1.29 is 23.1 Å². The van der Waals surface area contributed by atoms with E-state index < -0.39 is 28.1 Å². The zero-order valence-electron chi connectivity index (χ0n) is 20.8.